The van der Waals surface area contributed by atoms with Gasteiger partial charge in [-0.2, -0.15) is 0 Å². The van der Waals surface area contributed by atoms with E-state index < -0.39 is 0 Å². The molecule has 1 aliphatic rings. The zero-order valence-electron chi connectivity index (χ0n) is 16.5. The van der Waals surface area contributed by atoms with Crippen molar-refractivity contribution >= 4 is 0 Å². The maximum absolute atomic E-state index is 9.37. The van der Waals surface area contributed by atoms with E-state index in [1.807, 2.05) is 6.07 Å². The number of unbranched alkanes of at least 4 members (excludes halogenated alkanes) is 1. The van der Waals surface area contributed by atoms with E-state index in [9.17, 15) is 5.11 Å². The molecule has 2 aromatic carbocycles. The highest BCUT2D eigenvalue weighted by atomic mass is 16.3. The van der Waals surface area contributed by atoms with E-state index in [1.54, 1.807) is 0 Å². The number of aryl methyl sites for hydroxylation is 1. The maximum Gasteiger partial charge on any atom is 0.0681 e. The summed E-state index contributed by atoms with van der Waals surface area (Å²) in [7, 11) is 0. The molecular weight excluding hydrogens is 316 g/mol. The average Bonchev–Trinajstić information content (AvgIpc) is 2.72. The monoisotopic (exact) mass is 350 g/mol. The highest BCUT2D eigenvalue weighted by Gasteiger charge is 2.22. The average molecular weight is 351 g/mol. The molecule has 0 atom stereocenters. The first-order valence-corrected chi connectivity index (χ1v) is 10.6. The van der Waals surface area contributed by atoms with Crippen LogP contribution < -0.4 is 0 Å². The number of aliphatic hydroxyl groups excluding tert-OH is 1. The van der Waals surface area contributed by atoms with E-state index in [4.69, 9.17) is 0 Å². The fourth-order valence-corrected chi connectivity index (χ4v) is 4.53. The van der Waals surface area contributed by atoms with Gasteiger partial charge in [0.1, 0.15) is 0 Å². The lowest BCUT2D eigenvalue weighted by molar-refractivity contribution is 0.282. The van der Waals surface area contributed by atoms with Crippen LogP contribution in [0.4, 0.5) is 0 Å². The Morgan fingerprint density at radius 2 is 1.65 bits per heavy atom. The van der Waals surface area contributed by atoms with Crippen LogP contribution in [0.15, 0.2) is 42.5 Å². The lowest BCUT2D eigenvalue weighted by atomic mass is 9.77. The second-order valence-electron chi connectivity index (χ2n) is 7.99. The summed E-state index contributed by atoms with van der Waals surface area (Å²) >= 11 is 0. The highest BCUT2D eigenvalue weighted by Crippen LogP contribution is 2.38. The summed E-state index contributed by atoms with van der Waals surface area (Å²) in [6, 6.07) is 15.6. The fourth-order valence-electron chi connectivity index (χ4n) is 4.53. The number of benzene rings is 2. The third-order valence-electron chi connectivity index (χ3n) is 6.24. The molecule has 1 saturated carbocycles. The minimum absolute atomic E-state index is 0.118. The van der Waals surface area contributed by atoms with Crippen molar-refractivity contribution in [1.29, 1.82) is 0 Å². The predicted octanol–water partition coefficient (Wildman–Crippen LogP) is 6.87. The van der Waals surface area contributed by atoms with Crippen LogP contribution in [0.25, 0.3) is 11.1 Å². The Labute approximate surface area is 159 Å². The molecule has 0 amide bonds. The molecule has 2 aromatic rings. The molecule has 1 heteroatoms. The van der Waals surface area contributed by atoms with Gasteiger partial charge in [0.05, 0.1) is 6.61 Å². The van der Waals surface area contributed by atoms with E-state index in [0.717, 1.165) is 23.8 Å². The largest absolute Gasteiger partial charge is 0.392 e. The molecule has 0 aromatic heterocycles. The van der Waals surface area contributed by atoms with Gasteiger partial charge in [-0.25, -0.2) is 0 Å². The molecule has 1 fully saturated rings. The van der Waals surface area contributed by atoms with Gasteiger partial charge in [-0.3, -0.25) is 0 Å². The number of rotatable bonds is 7. The van der Waals surface area contributed by atoms with Gasteiger partial charge >= 0.3 is 0 Å². The molecule has 0 aliphatic heterocycles. The van der Waals surface area contributed by atoms with Crippen molar-refractivity contribution in [3.8, 4) is 11.1 Å². The van der Waals surface area contributed by atoms with Crippen molar-refractivity contribution in [2.45, 2.75) is 77.7 Å². The van der Waals surface area contributed by atoms with Gasteiger partial charge in [-0.1, -0.05) is 75.6 Å². The normalized spacial score (nSPS) is 20.3. The van der Waals surface area contributed by atoms with Crippen LogP contribution in [-0.4, -0.2) is 5.11 Å². The zero-order valence-corrected chi connectivity index (χ0v) is 16.5. The summed E-state index contributed by atoms with van der Waals surface area (Å²) in [5, 5.41) is 9.37. The van der Waals surface area contributed by atoms with Gasteiger partial charge < -0.3 is 5.11 Å². The summed E-state index contributed by atoms with van der Waals surface area (Å²) in [6.07, 6.45) is 10.7. The van der Waals surface area contributed by atoms with Crippen LogP contribution in [0.3, 0.4) is 0 Å². The Morgan fingerprint density at radius 3 is 2.27 bits per heavy atom. The predicted molar refractivity (Wildman–Crippen MR) is 111 cm³/mol. The summed E-state index contributed by atoms with van der Waals surface area (Å²) in [6.45, 7) is 4.60. The second-order valence-corrected chi connectivity index (χ2v) is 7.99. The molecule has 3 rings (SSSR count). The first-order valence-electron chi connectivity index (χ1n) is 10.6. The SMILES string of the molecule is CCCCC1CCC(c2ccc(-c3ccc(CO)cc3CC)cc2)CC1. The van der Waals surface area contributed by atoms with Gasteiger partial charge in [-0.05, 0) is 71.8 Å². The molecule has 0 unspecified atom stereocenters. The van der Waals surface area contributed by atoms with Crippen molar-refractivity contribution in [2.75, 3.05) is 0 Å². The van der Waals surface area contributed by atoms with Gasteiger partial charge in [0.2, 0.25) is 0 Å². The van der Waals surface area contributed by atoms with E-state index in [1.165, 1.54) is 67.2 Å². The van der Waals surface area contributed by atoms with Crippen LogP contribution in [0.5, 0.6) is 0 Å². The van der Waals surface area contributed by atoms with Crippen molar-refractivity contribution in [1.82, 2.24) is 0 Å². The Hall–Kier alpha value is -1.60. The molecule has 26 heavy (non-hydrogen) atoms. The molecule has 1 N–H and O–H groups in total. The number of hydrogen-bond acceptors (Lipinski definition) is 1. The van der Waals surface area contributed by atoms with E-state index in [0.29, 0.717) is 0 Å². The molecule has 140 valence electrons. The van der Waals surface area contributed by atoms with Crippen LogP contribution >= 0.6 is 0 Å². The first kappa shape index (κ1) is 19.2. The fraction of sp³-hybridized carbons (Fsp3) is 0.520. The van der Waals surface area contributed by atoms with Gasteiger partial charge in [0.25, 0.3) is 0 Å². The quantitative estimate of drug-likeness (QED) is 0.577. The second kappa shape index (κ2) is 9.37. The smallest absolute Gasteiger partial charge is 0.0681 e. The molecule has 0 bridgehead atoms. The standard InChI is InChI=1S/C25H34O/c1-3-5-6-19-7-10-22(11-8-19)23-12-14-24(15-13-23)25-16-9-20(18-26)17-21(25)4-2/h9,12-17,19,22,26H,3-8,10-11,18H2,1-2H3. The number of hydrogen-bond donors (Lipinski definition) is 1. The van der Waals surface area contributed by atoms with Crippen LogP contribution in [0, 0.1) is 5.92 Å². The molecule has 1 nitrogen and oxygen atoms in total. The minimum atomic E-state index is 0.118. The van der Waals surface area contributed by atoms with Crippen molar-refractivity contribution in [2.24, 2.45) is 5.92 Å². The maximum atomic E-state index is 9.37. The van der Waals surface area contributed by atoms with Gasteiger partial charge in [0.15, 0.2) is 0 Å². The van der Waals surface area contributed by atoms with Crippen molar-refractivity contribution < 1.29 is 5.11 Å². The Balaban J connectivity index is 1.68. The Bertz CT molecular complexity index is 678. The third-order valence-corrected chi connectivity index (χ3v) is 6.24. The Morgan fingerprint density at radius 1 is 0.923 bits per heavy atom. The molecule has 0 spiro atoms. The van der Waals surface area contributed by atoms with Gasteiger partial charge in [0, 0.05) is 0 Å². The lowest BCUT2D eigenvalue weighted by Gasteiger charge is -2.29. The van der Waals surface area contributed by atoms with Crippen LogP contribution in [0.1, 0.15) is 81.4 Å². The van der Waals surface area contributed by atoms with E-state index in [2.05, 4.69) is 50.2 Å². The van der Waals surface area contributed by atoms with Gasteiger partial charge in [-0.15, -0.1) is 0 Å². The van der Waals surface area contributed by atoms with Crippen LogP contribution in [-0.2, 0) is 13.0 Å². The number of aliphatic hydroxyl groups is 1. The molecule has 0 radical (unpaired) electrons. The molecule has 1 aliphatic carbocycles. The molecule has 0 saturated heterocycles. The lowest BCUT2D eigenvalue weighted by Crippen LogP contribution is -2.13. The minimum Gasteiger partial charge on any atom is -0.392 e. The summed E-state index contributed by atoms with van der Waals surface area (Å²) < 4.78 is 0. The summed E-state index contributed by atoms with van der Waals surface area (Å²) in [4.78, 5) is 0. The van der Waals surface area contributed by atoms with Crippen LogP contribution in [0.2, 0.25) is 0 Å². The third kappa shape index (κ3) is 4.57. The molecular formula is C25H34O. The summed E-state index contributed by atoms with van der Waals surface area (Å²) in [5.74, 6) is 1.73. The van der Waals surface area contributed by atoms with E-state index in [-0.39, 0.29) is 6.61 Å². The topological polar surface area (TPSA) is 20.2 Å². The van der Waals surface area contributed by atoms with Crippen molar-refractivity contribution in [3.63, 3.8) is 0 Å². The molecule has 0 heterocycles. The Kier molecular flexibility index (Phi) is 6.91. The first-order chi connectivity index (χ1) is 12.7. The zero-order chi connectivity index (χ0) is 18.4. The summed E-state index contributed by atoms with van der Waals surface area (Å²) in [5.41, 5.74) is 6.45. The highest BCUT2D eigenvalue weighted by molar-refractivity contribution is 5.68. The van der Waals surface area contributed by atoms with Crippen molar-refractivity contribution in [3.05, 3.63) is 59.2 Å². The van der Waals surface area contributed by atoms with E-state index >= 15 is 0 Å².